The first kappa shape index (κ1) is 28.7. The summed E-state index contributed by atoms with van der Waals surface area (Å²) in [4.78, 5) is 24.8. The monoisotopic (exact) mass is 566 g/mol. The van der Waals surface area contributed by atoms with Crippen molar-refractivity contribution in [3.63, 3.8) is 0 Å². The Kier molecular flexibility index (Phi) is 7.23. The quantitative estimate of drug-likeness (QED) is 0.144. The number of carbonyl (C=O) groups excluding carboxylic acids is 2. The number of carbonyl (C=O) groups is 2. The van der Waals surface area contributed by atoms with Crippen LogP contribution < -0.4 is 0 Å². The highest BCUT2D eigenvalue weighted by molar-refractivity contribution is 5.85. The largest absolute Gasteiger partial charge is 0.458 e. The number of cyclic esters (lactones) is 1. The SMILES string of the molecule is CC12CCC3C(CCC4CC(OC5OC(CO)C(O)C(O)C5O)CCC43C=O)C1(O)C(O)CC2C1=CC(=O)OC1. The summed E-state index contributed by atoms with van der Waals surface area (Å²) in [6.45, 7) is 1.66. The predicted molar refractivity (Wildman–Crippen MR) is 136 cm³/mol. The Morgan fingerprint density at radius 1 is 1.02 bits per heavy atom. The summed E-state index contributed by atoms with van der Waals surface area (Å²) in [6, 6.07) is 0. The highest BCUT2D eigenvalue weighted by Crippen LogP contribution is 2.69. The van der Waals surface area contributed by atoms with Gasteiger partial charge in [0.2, 0.25) is 0 Å². The van der Waals surface area contributed by atoms with Crippen LogP contribution in [0.4, 0.5) is 0 Å². The molecule has 1 saturated heterocycles. The van der Waals surface area contributed by atoms with E-state index in [-0.39, 0.29) is 42.4 Å². The van der Waals surface area contributed by atoms with Gasteiger partial charge in [-0.1, -0.05) is 6.92 Å². The fraction of sp³-hybridized carbons (Fsp3) is 0.862. The molecule has 6 N–H and O–H groups in total. The maximum atomic E-state index is 12.9. The van der Waals surface area contributed by atoms with Gasteiger partial charge in [0.1, 0.15) is 37.3 Å². The van der Waals surface area contributed by atoms with Gasteiger partial charge in [0.25, 0.3) is 0 Å². The molecular weight excluding hydrogens is 524 g/mol. The molecule has 0 spiro atoms. The van der Waals surface area contributed by atoms with Gasteiger partial charge in [-0.25, -0.2) is 4.79 Å². The van der Waals surface area contributed by atoms with E-state index in [4.69, 9.17) is 14.2 Å². The maximum absolute atomic E-state index is 12.9. The molecule has 14 atom stereocenters. The summed E-state index contributed by atoms with van der Waals surface area (Å²) in [6.07, 6.45) is -0.963. The van der Waals surface area contributed by atoms with E-state index in [1.54, 1.807) is 0 Å². The van der Waals surface area contributed by atoms with Crippen LogP contribution in [0.3, 0.4) is 0 Å². The van der Waals surface area contributed by atoms with Gasteiger partial charge in [-0.3, -0.25) is 0 Å². The lowest BCUT2D eigenvalue weighted by Gasteiger charge is -2.63. The molecule has 11 nitrogen and oxygen atoms in total. The fourth-order valence-electron chi connectivity index (χ4n) is 9.81. The summed E-state index contributed by atoms with van der Waals surface area (Å²) in [5.41, 5.74) is -1.89. The number of esters is 1. The average molecular weight is 567 g/mol. The second-order valence-electron chi connectivity index (χ2n) is 13.4. The summed E-state index contributed by atoms with van der Waals surface area (Å²) in [5.74, 6) is -0.971. The topological polar surface area (TPSA) is 183 Å². The van der Waals surface area contributed by atoms with Gasteiger partial charge in [-0.2, -0.15) is 0 Å². The first-order chi connectivity index (χ1) is 19.0. The molecule has 0 bridgehead atoms. The molecule has 0 aromatic heterocycles. The molecule has 0 amide bonds. The van der Waals surface area contributed by atoms with Crippen LogP contribution in [-0.4, -0.2) is 105 Å². The van der Waals surface area contributed by atoms with Crippen LogP contribution >= 0.6 is 0 Å². The minimum atomic E-state index is -1.52. The van der Waals surface area contributed by atoms with E-state index in [2.05, 4.69) is 0 Å². The molecule has 6 aliphatic rings. The molecule has 4 saturated carbocycles. The van der Waals surface area contributed by atoms with Crippen LogP contribution in [-0.2, 0) is 23.8 Å². The third-order valence-corrected chi connectivity index (χ3v) is 11.9. The van der Waals surface area contributed by atoms with E-state index >= 15 is 0 Å². The molecule has 4 aliphatic carbocycles. The Bertz CT molecular complexity index is 1050. The first-order valence-electron chi connectivity index (χ1n) is 14.7. The number of hydrogen-bond donors (Lipinski definition) is 6. The minimum absolute atomic E-state index is 0.0271. The molecule has 2 aliphatic heterocycles. The summed E-state index contributed by atoms with van der Waals surface area (Å²) < 4.78 is 16.8. The summed E-state index contributed by atoms with van der Waals surface area (Å²) in [5, 5.41) is 63.9. The molecule has 40 heavy (non-hydrogen) atoms. The van der Waals surface area contributed by atoms with E-state index < -0.39 is 59.8 Å². The molecule has 0 aromatic rings. The fourth-order valence-corrected chi connectivity index (χ4v) is 9.81. The van der Waals surface area contributed by atoms with Crippen molar-refractivity contribution in [2.75, 3.05) is 13.2 Å². The zero-order valence-electron chi connectivity index (χ0n) is 22.8. The van der Waals surface area contributed by atoms with Crippen LogP contribution in [0.1, 0.15) is 58.3 Å². The van der Waals surface area contributed by atoms with Crippen molar-refractivity contribution >= 4 is 12.3 Å². The molecule has 6 rings (SSSR count). The van der Waals surface area contributed by atoms with Gasteiger partial charge >= 0.3 is 5.97 Å². The first-order valence-corrected chi connectivity index (χ1v) is 14.7. The number of rotatable bonds is 5. The highest BCUT2D eigenvalue weighted by Gasteiger charge is 2.72. The van der Waals surface area contributed by atoms with Gasteiger partial charge in [0.05, 0.1) is 24.4 Å². The van der Waals surface area contributed by atoms with Crippen molar-refractivity contribution in [2.45, 2.75) is 107 Å². The van der Waals surface area contributed by atoms with Crippen molar-refractivity contribution in [3.8, 4) is 0 Å². The highest BCUT2D eigenvalue weighted by atomic mass is 16.7. The van der Waals surface area contributed by atoms with Gasteiger partial charge in [-0.05, 0) is 80.6 Å². The molecule has 224 valence electrons. The molecule has 0 aromatic carbocycles. The number of hydrogen-bond acceptors (Lipinski definition) is 11. The lowest BCUT2D eigenvalue weighted by Crippen LogP contribution is -2.66. The van der Waals surface area contributed by atoms with Crippen molar-refractivity contribution in [3.05, 3.63) is 11.6 Å². The normalized spacial score (nSPS) is 54.1. The Balaban J connectivity index is 1.21. The number of ether oxygens (including phenoxy) is 3. The summed E-state index contributed by atoms with van der Waals surface area (Å²) in [7, 11) is 0. The van der Waals surface area contributed by atoms with Crippen LogP contribution in [0.5, 0.6) is 0 Å². The third-order valence-electron chi connectivity index (χ3n) is 11.9. The minimum Gasteiger partial charge on any atom is -0.458 e. The molecule has 0 radical (unpaired) electrons. The van der Waals surface area contributed by atoms with E-state index in [1.807, 2.05) is 6.92 Å². The third kappa shape index (κ3) is 3.92. The Labute approximate surface area is 233 Å². The van der Waals surface area contributed by atoms with Crippen molar-refractivity contribution in [2.24, 2.45) is 34.5 Å². The number of aliphatic hydroxyl groups excluding tert-OH is 5. The Morgan fingerprint density at radius 2 is 1.80 bits per heavy atom. The van der Waals surface area contributed by atoms with Gasteiger partial charge in [-0.15, -0.1) is 0 Å². The van der Waals surface area contributed by atoms with Crippen LogP contribution in [0.25, 0.3) is 0 Å². The van der Waals surface area contributed by atoms with Crippen LogP contribution in [0.2, 0.25) is 0 Å². The maximum Gasteiger partial charge on any atom is 0.331 e. The van der Waals surface area contributed by atoms with Crippen LogP contribution in [0, 0.1) is 34.5 Å². The van der Waals surface area contributed by atoms with Gasteiger partial charge < -0.3 is 49.6 Å². The standard InChI is InChI=1S/C29H42O11/c1-27-6-5-17-18(29(27,37)21(32)10-19(27)14-8-22(33)38-12-14)3-2-15-9-16(4-7-28(15,17)13-31)39-26-25(36)24(35)23(34)20(11-30)40-26/h8,13,15-21,23-26,30,32,34-37H,2-7,9-12H2,1H3. The Morgan fingerprint density at radius 3 is 2.48 bits per heavy atom. The van der Waals surface area contributed by atoms with Crippen LogP contribution in [0.15, 0.2) is 11.6 Å². The lowest BCUT2D eigenvalue weighted by atomic mass is 9.43. The van der Waals surface area contributed by atoms with Crippen molar-refractivity contribution in [1.29, 1.82) is 0 Å². The molecular formula is C29H42O11. The number of aliphatic hydroxyl groups is 6. The molecule has 14 unspecified atom stereocenters. The van der Waals surface area contributed by atoms with E-state index in [0.717, 1.165) is 18.3 Å². The average Bonchev–Trinajstić information content (AvgIpc) is 3.47. The number of aldehydes is 1. The zero-order valence-corrected chi connectivity index (χ0v) is 22.8. The predicted octanol–water partition coefficient (Wildman–Crippen LogP) is -0.422. The van der Waals surface area contributed by atoms with Gasteiger partial charge in [0.15, 0.2) is 6.29 Å². The van der Waals surface area contributed by atoms with Gasteiger partial charge in [0, 0.05) is 16.9 Å². The van der Waals surface area contributed by atoms with Crippen molar-refractivity contribution in [1.82, 2.24) is 0 Å². The second kappa shape index (κ2) is 10.1. The molecule has 5 fully saturated rings. The lowest BCUT2D eigenvalue weighted by molar-refractivity contribution is -0.316. The summed E-state index contributed by atoms with van der Waals surface area (Å²) >= 11 is 0. The zero-order chi connectivity index (χ0) is 28.6. The molecule has 11 heteroatoms. The molecule has 2 heterocycles. The second-order valence-corrected chi connectivity index (χ2v) is 13.4. The number of fused-ring (bicyclic) bond motifs is 5. The van der Waals surface area contributed by atoms with E-state index in [0.29, 0.717) is 44.9 Å². The van der Waals surface area contributed by atoms with E-state index in [9.17, 15) is 40.2 Å². The smallest absolute Gasteiger partial charge is 0.331 e. The van der Waals surface area contributed by atoms with Crippen molar-refractivity contribution < 1.29 is 54.4 Å². The Hall–Kier alpha value is -1.44. The van der Waals surface area contributed by atoms with E-state index in [1.165, 1.54) is 6.08 Å².